The van der Waals surface area contributed by atoms with Crippen LogP contribution in [-0.4, -0.2) is 5.78 Å². The molecule has 2 aromatic carbocycles. The molecule has 0 spiro atoms. The fourth-order valence-electron chi connectivity index (χ4n) is 1.65. The Labute approximate surface area is 105 Å². The predicted octanol–water partition coefficient (Wildman–Crippen LogP) is 4.13. The topological polar surface area (TPSA) is 26.3 Å². The normalized spacial score (nSPS) is 10.2. The Balaban J connectivity index is 2.34. The minimum Gasteiger partial charge on any atom is -0.457 e. The van der Waals surface area contributed by atoms with Crippen LogP contribution in [0.2, 0.25) is 0 Å². The van der Waals surface area contributed by atoms with E-state index in [1.807, 2.05) is 0 Å². The van der Waals surface area contributed by atoms with E-state index in [1.165, 1.54) is 13.0 Å². The van der Waals surface area contributed by atoms with Crippen molar-refractivity contribution in [2.45, 2.75) is 13.8 Å². The third-order valence-electron chi connectivity index (χ3n) is 2.62. The Morgan fingerprint density at radius 2 is 1.89 bits per heavy atom. The minimum absolute atomic E-state index is 0.0653. The van der Waals surface area contributed by atoms with Gasteiger partial charge in [0.2, 0.25) is 0 Å². The van der Waals surface area contributed by atoms with Gasteiger partial charge < -0.3 is 4.74 Å². The summed E-state index contributed by atoms with van der Waals surface area (Å²) in [7, 11) is 0. The van der Waals surface area contributed by atoms with Crippen molar-refractivity contribution in [2.75, 3.05) is 0 Å². The van der Waals surface area contributed by atoms with Crippen LogP contribution < -0.4 is 4.74 Å². The number of halogens is 1. The molecular formula is C15H13FO2. The molecule has 92 valence electrons. The zero-order chi connectivity index (χ0) is 13.1. The molecule has 0 aliphatic heterocycles. The number of carbonyl (C=O) groups is 1. The molecule has 0 unspecified atom stereocenters. The van der Waals surface area contributed by atoms with Gasteiger partial charge >= 0.3 is 0 Å². The van der Waals surface area contributed by atoms with Crippen LogP contribution in [0.5, 0.6) is 11.5 Å². The Bertz CT molecular complexity index is 591. The Morgan fingerprint density at radius 1 is 1.17 bits per heavy atom. The fraction of sp³-hybridized carbons (Fsp3) is 0.133. The number of benzene rings is 2. The van der Waals surface area contributed by atoms with E-state index in [-0.39, 0.29) is 11.6 Å². The van der Waals surface area contributed by atoms with E-state index in [0.29, 0.717) is 22.6 Å². The van der Waals surface area contributed by atoms with Gasteiger partial charge in [0, 0.05) is 0 Å². The second kappa shape index (κ2) is 5.00. The minimum atomic E-state index is -0.276. The number of ketones is 1. The fourth-order valence-corrected chi connectivity index (χ4v) is 1.65. The zero-order valence-electron chi connectivity index (χ0n) is 10.2. The molecule has 0 saturated heterocycles. The number of ether oxygens (including phenoxy) is 1. The molecule has 0 bridgehead atoms. The van der Waals surface area contributed by atoms with Crippen LogP contribution in [-0.2, 0) is 0 Å². The van der Waals surface area contributed by atoms with Crippen molar-refractivity contribution in [2.24, 2.45) is 0 Å². The van der Waals surface area contributed by atoms with Crippen molar-refractivity contribution in [3.8, 4) is 11.5 Å². The van der Waals surface area contributed by atoms with Crippen molar-refractivity contribution < 1.29 is 13.9 Å². The summed E-state index contributed by atoms with van der Waals surface area (Å²) in [6.45, 7) is 3.15. The highest BCUT2D eigenvalue weighted by Gasteiger charge is 2.09. The Morgan fingerprint density at radius 3 is 2.56 bits per heavy atom. The van der Waals surface area contributed by atoms with Gasteiger partial charge in [0.05, 0.1) is 5.56 Å². The summed E-state index contributed by atoms with van der Waals surface area (Å²) >= 11 is 0. The van der Waals surface area contributed by atoms with Gasteiger partial charge in [0.25, 0.3) is 0 Å². The molecule has 0 atom stereocenters. The molecule has 0 amide bonds. The number of aryl methyl sites for hydroxylation is 1. The van der Waals surface area contributed by atoms with E-state index in [0.717, 1.165) is 0 Å². The number of Topliss-reactive ketones (excluding diaryl/α,β-unsaturated/α-hetero) is 1. The first-order valence-corrected chi connectivity index (χ1v) is 5.62. The molecule has 0 fully saturated rings. The van der Waals surface area contributed by atoms with Gasteiger partial charge in [0.15, 0.2) is 5.78 Å². The van der Waals surface area contributed by atoms with Crippen LogP contribution in [0, 0.1) is 12.7 Å². The Hall–Kier alpha value is -2.16. The number of rotatable bonds is 3. The summed E-state index contributed by atoms with van der Waals surface area (Å²) in [5.74, 6) is 0.658. The summed E-state index contributed by atoms with van der Waals surface area (Å²) in [6, 6.07) is 11.5. The van der Waals surface area contributed by atoms with Crippen molar-refractivity contribution >= 4 is 5.78 Å². The second-order valence-electron chi connectivity index (χ2n) is 4.07. The molecule has 0 radical (unpaired) electrons. The van der Waals surface area contributed by atoms with Gasteiger partial charge in [-0.05, 0) is 49.7 Å². The third-order valence-corrected chi connectivity index (χ3v) is 2.62. The number of hydrogen-bond acceptors (Lipinski definition) is 2. The summed E-state index contributed by atoms with van der Waals surface area (Å²) in [4.78, 5) is 11.4. The van der Waals surface area contributed by atoms with Crippen molar-refractivity contribution in [3.05, 3.63) is 59.4 Å². The van der Waals surface area contributed by atoms with Crippen molar-refractivity contribution in [1.82, 2.24) is 0 Å². The lowest BCUT2D eigenvalue weighted by molar-refractivity contribution is 0.101. The highest BCUT2D eigenvalue weighted by molar-refractivity contribution is 5.96. The molecule has 18 heavy (non-hydrogen) atoms. The lowest BCUT2D eigenvalue weighted by atomic mass is 10.1. The summed E-state index contributed by atoms with van der Waals surface area (Å²) in [5.41, 5.74) is 1.02. The van der Waals surface area contributed by atoms with E-state index >= 15 is 0 Å². The van der Waals surface area contributed by atoms with Gasteiger partial charge in [-0.3, -0.25) is 4.79 Å². The molecule has 0 heterocycles. The van der Waals surface area contributed by atoms with Crippen molar-refractivity contribution in [1.29, 1.82) is 0 Å². The van der Waals surface area contributed by atoms with Gasteiger partial charge in [-0.1, -0.05) is 12.1 Å². The molecule has 0 saturated carbocycles. The molecule has 0 aliphatic carbocycles. The second-order valence-corrected chi connectivity index (χ2v) is 4.07. The maximum atomic E-state index is 13.1. The highest BCUT2D eigenvalue weighted by Crippen LogP contribution is 2.26. The van der Waals surface area contributed by atoms with E-state index in [2.05, 4.69) is 0 Å². The van der Waals surface area contributed by atoms with Crippen LogP contribution in [0.25, 0.3) is 0 Å². The highest BCUT2D eigenvalue weighted by atomic mass is 19.1. The van der Waals surface area contributed by atoms with Crippen LogP contribution in [0.3, 0.4) is 0 Å². The lowest BCUT2D eigenvalue weighted by Gasteiger charge is -2.09. The third kappa shape index (κ3) is 2.56. The molecule has 0 aromatic heterocycles. The zero-order valence-corrected chi connectivity index (χ0v) is 10.2. The van der Waals surface area contributed by atoms with Gasteiger partial charge in [-0.2, -0.15) is 0 Å². The van der Waals surface area contributed by atoms with Crippen LogP contribution in [0.1, 0.15) is 22.8 Å². The molecule has 0 N–H and O–H groups in total. The molecule has 0 aliphatic rings. The first-order chi connectivity index (χ1) is 8.58. The largest absolute Gasteiger partial charge is 0.457 e. The van der Waals surface area contributed by atoms with E-state index in [4.69, 9.17) is 4.74 Å². The lowest BCUT2D eigenvalue weighted by Crippen LogP contribution is -1.97. The van der Waals surface area contributed by atoms with Crippen LogP contribution in [0.4, 0.5) is 4.39 Å². The van der Waals surface area contributed by atoms with E-state index < -0.39 is 0 Å². The van der Waals surface area contributed by atoms with Crippen LogP contribution in [0.15, 0.2) is 42.5 Å². The predicted molar refractivity (Wildman–Crippen MR) is 67.7 cm³/mol. The quantitative estimate of drug-likeness (QED) is 0.759. The molecular weight excluding hydrogens is 231 g/mol. The van der Waals surface area contributed by atoms with Gasteiger partial charge in [-0.15, -0.1) is 0 Å². The van der Waals surface area contributed by atoms with Crippen LogP contribution >= 0.6 is 0 Å². The monoisotopic (exact) mass is 244 g/mol. The summed E-state index contributed by atoms with van der Waals surface area (Å²) in [5, 5.41) is 0. The number of carbonyl (C=O) groups excluding carboxylic acids is 1. The SMILES string of the molecule is CC(=O)c1ccccc1Oc1ccc(F)c(C)c1. The molecule has 2 nitrogen and oxygen atoms in total. The summed E-state index contributed by atoms with van der Waals surface area (Å²) in [6.07, 6.45) is 0. The van der Waals surface area contributed by atoms with E-state index in [9.17, 15) is 9.18 Å². The molecule has 2 aromatic rings. The Kier molecular flexibility index (Phi) is 3.42. The van der Waals surface area contributed by atoms with E-state index in [1.54, 1.807) is 43.3 Å². The maximum Gasteiger partial charge on any atom is 0.163 e. The molecule has 2 rings (SSSR count). The standard InChI is InChI=1S/C15H13FO2/c1-10-9-12(7-8-14(10)16)18-15-6-4-3-5-13(15)11(2)17/h3-9H,1-2H3. The smallest absolute Gasteiger partial charge is 0.163 e. The average Bonchev–Trinajstić information content (AvgIpc) is 2.34. The first-order valence-electron chi connectivity index (χ1n) is 5.62. The maximum absolute atomic E-state index is 13.1. The first kappa shape index (κ1) is 12.3. The summed E-state index contributed by atoms with van der Waals surface area (Å²) < 4.78 is 18.8. The molecule has 3 heteroatoms. The van der Waals surface area contributed by atoms with Gasteiger partial charge in [0.1, 0.15) is 17.3 Å². The number of para-hydroxylation sites is 1. The average molecular weight is 244 g/mol. The van der Waals surface area contributed by atoms with Gasteiger partial charge in [-0.25, -0.2) is 4.39 Å². The van der Waals surface area contributed by atoms with Crippen molar-refractivity contribution in [3.63, 3.8) is 0 Å². The number of hydrogen-bond donors (Lipinski definition) is 0.